The van der Waals surface area contributed by atoms with E-state index in [0.717, 1.165) is 22.6 Å². The Kier molecular flexibility index (Phi) is 6.02. The van der Waals surface area contributed by atoms with Crippen molar-refractivity contribution < 1.29 is 23.7 Å². The molecule has 1 aliphatic heterocycles. The van der Waals surface area contributed by atoms with Crippen molar-refractivity contribution in [2.45, 2.75) is 0 Å². The van der Waals surface area contributed by atoms with Crippen LogP contribution in [0, 0.1) is 11.8 Å². The van der Waals surface area contributed by atoms with Crippen LogP contribution in [0.5, 0.6) is 23.0 Å². The fourth-order valence-corrected chi connectivity index (χ4v) is 2.43. The van der Waals surface area contributed by atoms with Gasteiger partial charge in [0.15, 0.2) is 23.0 Å². The molecule has 0 radical (unpaired) electrons. The molecule has 0 saturated heterocycles. The maximum absolute atomic E-state index is 5.50. The van der Waals surface area contributed by atoms with Crippen LogP contribution in [0.2, 0.25) is 0 Å². The summed E-state index contributed by atoms with van der Waals surface area (Å²) >= 11 is 0. The fraction of sp³-hybridized carbons (Fsp3) is 0.238. The highest BCUT2D eigenvalue weighted by atomic mass is 16.7. The molecule has 0 aromatic heterocycles. The number of benzene rings is 2. The number of fused-ring (bicyclic) bond motifs is 1. The Bertz CT molecular complexity index is 845. The zero-order chi connectivity index (χ0) is 18.2. The van der Waals surface area contributed by atoms with Crippen LogP contribution in [0.1, 0.15) is 11.1 Å². The molecule has 3 rings (SSSR count). The molecule has 0 aliphatic carbocycles. The Balaban J connectivity index is 1.45. The Labute approximate surface area is 153 Å². The van der Waals surface area contributed by atoms with Gasteiger partial charge in [-0.1, -0.05) is 30.1 Å². The van der Waals surface area contributed by atoms with Gasteiger partial charge in [-0.25, -0.2) is 0 Å². The summed E-state index contributed by atoms with van der Waals surface area (Å²) in [7, 11) is 3.21. The third kappa shape index (κ3) is 4.50. The predicted molar refractivity (Wildman–Crippen MR) is 98.8 cm³/mol. The highest BCUT2D eigenvalue weighted by molar-refractivity contribution is 5.56. The average Bonchev–Trinajstić information content (AvgIpc) is 3.14. The smallest absolute Gasteiger partial charge is 0.231 e. The SMILES string of the molecule is COc1ccc(C#CCOC/C=C/c2ccc3c(c2)OCO3)cc1OC. The number of hydrogen-bond acceptors (Lipinski definition) is 5. The fourth-order valence-electron chi connectivity index (χ4n) is 2.43. The average molecular weight is 352 g/mol. The van der Waals surface area contributed by atoms with Crippen LogP contribution >= 0.6 is 0 Å². The van der Waals surface area contributed by atoms with E-state index in [1.165, 1.54) is 0 Å². The lowest BCUT2D eigenvalue weighted by atomic mass is 10.2. The highest BCUT2D eigenvalue weighted by Gasteiger charge is 2.11. The first-order valence-electron chi connectivity index (χ1n) is 8.15. The summed E-state index contributed by atoms with van der Waals surface area (Å²) in [6, 6.07) is 11.4. The third-order valence-corrected chi connectivity index (χ3v) is 3.71. The summed E-state index contributed by atoms with van der Waals surface area (Å²) in [5, 5.41) is 0. The first-order chi connectivity index (χ1) is 12.8. The van der Waals surface area contributed by atoms with Gasteiger partial charge in [0.25, 0.3) is 0 Å². The van der Waals surface area contributed by atoms with Crippen LogP contribution in [0.4, 0.5) is 0 Å². The van der Waals surface area contributed by atoms with E-state index < -0.39 is 0 Å². The lowest BCUT2D eigenvalue weighted by Crippen LogP contribution is -1.92. The van der Waals surface area contributed by atoms with Gasteiger partial charge in [-0.15, -0.1) is 0 Å². The van der Waals surface area contributed by atoms with Gasteiger partial charge in [0, 0.05) is 5.56 Å². The molecule has 2 aromatic carbocycles. The molecule has 0 fully saturated rings. The standard InChI is InChI=1S/C21H20O5/c1-22-18-9-7-16(13-20(18)23-2)5-3-11-24-12-4-6-17-8-10-19-21(14-17)26-15-25-19/h4,6-10,13-14H,11-12,15H2,1-2H3/b6-4+. The highest BCUT2D eigenvalue weighted by Crippen LogP contribution is 2.32. The van der Waals surface area contributed by atoms with Crippen molar-refractivity contribution in [3.8, 4) is 34.8 Å². The van der Waals surface area contributed by atoms with E-state index in [1.807, 2.05) is 48.6 Å². The molecule has 1 heterocycles. The molecule has 1 aliphatic rings. The van der Waals surface area contributed by atoms with Gasteiger partial charge in [-0.2, -0.15) is 0 Å². The van der Waals surface area contributed by atoms with Crippen molar-refractivity contribution in [3.63, 3.8) is 0 Å². The summed E-state index contributed by atoms with van der Waals surface area (Å²) in [5.41, 5.74) is 1.89. The summed E-state index contributed by atoms with van der Waals surface area (Å²) in [6.07, 6.45) is 3.92. The Morgan fingerprint density at radius 1 is 1.00 bits per heavy atom. The topological polar surface area (TPSA) is 46.2 Å². The molecule has 5 nitrogen and oxygen atoms in total. The van der Waals surface area contributed by atoms with Gasteiger partial charge < -0.3 is 23.7 Å². The van der Waals surface area contributed by atoms with E-state index in [9.17, 15) is 0 Å². The largest absolute Gasteiger partial charge is 0.493 e. The summed E-state index contributed by atoms with van der Waals surface area (Å²) in [4.78, 5) is 0. The van der Waals surface area contributed by atoms with E-state index in [2.05, 4.69) is 11.8 Å². The van der Waals surface area contributed by atoms with E-state index in [-0.39, 0.29) is 6.79 Å². The van der Waals surface area contributed by atoms with Crippen LogP contribution in [0.3, 0.4) is 0 Å². The molecule has 0 bridgehead atoms. The Morgan fingerprint density at radius 2 is 1.85 bits per heavy atom. The molecule has 0 N–H and O–H groups in total. The molecule has 0 saturated carbocycles. The lowest BCUT2D eigenvalue weighted by Gasteiger charge is -2.06. The molecule has 2 aromatic rings. The van der Waals surface area contributed by atoms with Gasteiger partial charge in [0.2, 0.25) is 6.79 Å². The zero-order valence-electron chi connectivity index (χ0n) is 14.8. The normalized spacial score (nSPS) is 11.9. The summed E-state index contributed by atoms with van der Waals surface area (Å²) in [6.45, 7) is 1.11. The van der Waals surface area contributed by atoms with Crippen LogP contribution in [-0.4, -0.2) is 34.2 Å². The molecule has 0 amide bonds. The van der Waals surface area contributed by atoms with Crippen molar-refractivity contribution in [1.82, 2.24) is 0 Å². The molecule has 0 spiro atoms. The van der Waals surface area contributed by atoms with Gasteiger partial charge in [0.05, 0.1) is 20.8 Å². The van der Waals surface area contributed by atoms with E-state index in [4.69, 9.17) is 23.7 Å². The summed E-state index contributed by atoms with van der Waals surface area (Å²) in [5.74, 6) is 8.92. The second-order valence-corrected chi connectivity index (χ2v) is 5.40. The lowest BCUT2D eigenvalue weighted by molar-refractivity contribution is 0.174. The van der Waals surface area contributed by atoms with Crippen LogP contribution < -0.4 is 18.9 Å². The van der Waals surface area contributed by atoms with Crippen LogP contribution in [-0.2, 0) is 4.74 Å². The Hall–Kier alpha value is -3.10. The third-order valence-electron chi connectivity index (χ3n) is 3.71. The molecule has 0 atom stereocenters. The van der Waals surface area contributed by atoms with Gasteiger partial charge in [-0.05, 0) is 35.9 Å². The molecule has 0 unspecified atom stereocenters. The van der Waals surface area contributed by atoms with Gasteiger partial charge in [0.1, 0.15) is 6.61 Å². The van der Waals surface area contributed by atoms with Gasteiger partial charge in [-0.3, -0.25) is 0 Å². The predicted octanol–water partition coefficient (Wildman–Crippen LogP) is 3.51. The molecular weight excluding hydrogens is 332 g/mol. The van der Waals surface area contributed by atoms with E-state index >= 15 is 0 Å². The minimum atomic E-state index is 0.282. The van der Waals surface area contributed by atoms with Crippen molar-refractivity contribution in [2.24, 2.45) is 0 Å². The number of rotatable bonds is 6. The second-order valence-electron chi connectivity index (χ2n) is 5.40. The van der Waals surface area contributed by atoms with Gasteiger partial charge >= 0.3 is 0 Å². The first kappa shape index (κ1) is 17.7. The number of ether oxygens (including phenoxy) is 5. The minimum Gasteiger partial charge on any atom is -0.493 e. The molecule has 26 heavy (non-hydrogen) atoms. The van der Waals surface area contributed by atoms with Crippen molar-refractivity contribution in [2.75, 3.05) is 34.2 Å². The second kappa shape index (κ2) is 8.84. The molecular formula is C21H20O5. The summed E-state index contributed by atoms with van der Waals surface area (Å²) < 4.78 is 26.6. The minimum absolute atomic E-state index is 0.282. The van der Waals surface area contributed by atoms with E-state index in [0.29, 0.717) is 24.7 Å². The molecule has 5 heteroatoms. The van der Waals surface area contributed by atoms with Crippen LogP contribution in [0.15, 0.2) is 42.5 Å². The van der Waals surface area contributed by atoms with Crippen molar-refractivity contribution in [3.05, 3.63) is 53.6 Å². The monoisotopic (exact) mass is 352 g/mol. The van der Waals surface area contributed by atoms with E-state index in [1.54, 1.807) is 14.2 Å². The van der Waals surface area contributed by atoms with Crippen molar-refractivity contribution >= 4 is 6.08 Å². The first-order valence-corrected chi connectivity index (χ1v) is 8.15. The number of methoxy groups -OCH3 is 2. The quantitative estimate of drug-likeness (QED) is 0.588. The maximum atomic E-state index is 5.50. The van der Waals surface area contributed by atoms with Crippen molar-refractivity contribution in [1.29, 1.82) is 0 Å². The zero-order valence-corrected chi connectivity index (χ0v) is 14.8. The Morgan fingerprint density at radius 3 is 2.69 bits per heavy atom. The molecule has 134 valence electrons. The number of hydrogen-bond donors (Lipinski definition) is 0. The van der Waals surface area contributed by atoms with Crippen LogP contribution in [0.25, 0.3) is 6.08 Å². The maximum Gasteiger partial charge on any atom is 0.231 e.